The first-order chi connectivity index (χ1) is 14.7. The van der Waals surface area contributed by atoms with Crippen LogP contribution < -0.4 is 10.1 Å². The fourth-order valence-corrected chi connectivity index (χ4v) is 3.77. The van der Waals surface area contributed by atoms with Gasteiger partial charge in [0.15, 0.2) is 27.2 Å². The quantitative estimate of drug-likeness (QED) is 0.447. The van der Waals surface area contributed by atoms with E-state index in [1.54, 1.807) is 54.0 Å². The molecule has 0 aliphatic carbocycles. The summed E-state index contributed by atoms with van der Waals surface area (Å²) in [6.45, 7) is 0.147. The predicted molar refractivity (Wildman–Crippen MR) is 115 cm³/mol. The Morgan fingerprint density at radius 2 is 1.87 bits per heavy atom. The van der Waals surface area contributed by atoms with Crippen LogP contribution in [0.25, 0.3) is 10.9 Å². The van der Waals surface area contributed by atoms with Gasteiger partial charge in [-0.15, -0.1) is 0 Å². The molecule has 4 aromatic rings. The maximum absolute atomic E-state index is 11.7. The van der Waals surface area contributed by atoms with E-state index in [2.05, 4.69) is 15.5 Å². The zero-order valence-electron chi connectivity index (χ0n) is 17.1. The van der Waals surface area contributed by atoms with Gasteiger partial charge in [-0.3, -0.25) is 4.68 Å². The van der Waals surface area contributed by atoms with Crippen LogP contribution in [0.2, 0.25) is 0 Å². The molecule has 0 bridgehead atoms. The summed E-state index contributed by atoms with van der Waals surface area (Å²) in [5, 5.41) is 22.9. The van der Waals surface area contributed by atoms with E-state index in [0.29, 0.717) is 34.0 Å². The number of rotatable bonds is 7. The van der Waals surface area contributed by atoms with E-state index in [1.807, 2.05) is 0 Å². The standard InChI is InChI=1S/C20H21N5O5S/c1-24-9-8-18(22-24)21-20-16-10-13(26)11-17(19(16)25(23-20)12-29-2)30-14-4-6-15(7-5-14)31(3,27)28/h4-11,26H,12H2,1-3H3,(H,21,22,23). The Morgan fingerprint density at radius 3 is 2.48 bits per heavy atom. The third kappa shape index (κ3) is 4.32. The molecule has 0 spiro atoms. The molecule has 0 saturated heterocycles. The van der Waals surface area contributed by atoms with Crippen molar-refractivity contribution in [3.05, 3.63) is 48.7 Å². The molecule has 2 aromatic carbocycles. The van der Waals surface area contributed by atoms with Gasteiger partial charge in [-0.1, -0.05) is 0 Å². The van der Waals surface area contributed by atoms with Crippen LogP contribution in [0.1, 0.15) is 0 Å². The van der Waals surface area contributed by atoms with E-state index in [-0.39, 0.29) is 17.4 Å². The van der Waals surface area contributed by atoms with Gasteiger partial charge in [-0.05, 0) is 30.3 Å². The Balaban J connectivity index is 1.77. The Labute approximate surface area is 178 Å². The SMILES string of the molecule is COCn1nc(Nc2ccn(C)n2)c2cc(O)cc(Oc3ccc(S(C)(=O)=O)cc3)c21. The summed E-state index contributed by atoms with van der Waals surface area (Å²) in [5.41, 5.74) is 0.588. The Kier molecular flexibility index (Phi) is 5.29. The van der Waals surface area contributed by atoms with Gasteiger partial charge in [-0.2, -0.15) is 10.2 Å². The van der Waals surface area contributed by atoms with Crippen LogP contribution in [0.4, 0.5) is 11.6 Å². The number of hydrogen-bond acceptors (Lipinski definition) is 8. The van der Waals surface area contributed by atoms with Gasteiger partial charge in [0, 0.05) is 38.7 Å². The summed E-state index contributed by atoms with van der Waals surface area (Å²) in [4.78, 5) is 0.187. The lowest BCUT2D eigenvalue weighted by Crippen LogP contribution is -2.03. The number of benzene rings is 2. The molecular weight excluding hydrogens is 422 g/mol. The number of nitrogens with one attached hydrogen (secondary N) is 1. The first-order valence-corrected chi connectivity index (χ1v) is 11.1. The van der Waals surface area contributed by atoms with Crippen LogP contribution in [0.5, 0.6) is 17.2 Å². The molecule has 2 N–H and O–H groups in total. The average molecular weight is 443 g/mol. The Morgan fingerprint density at radius 1 is 1.13 bits per heavy atom. The number of sulfone groups is 1. The fourth-order valence-electron chi connectivity index (χ4n) is 3.14. The molecule has 2 heterocycles. The van der Waals surface area contributed by atoms with E-state index in [4.69, 9.17) is 9.47 Å². The molecule has 0 atom stereocenters. The molecule has 0 fully saturated rings. The highest BCUT2D eigenvalue weighted by Crippen LogP contribution is 2.38. The summed E-state index contributed by atoms with van der Waals surface area (Å²) in [7, 11) is 0.0363. The molecule has 2 aromatic heterocycles. The van der Waals surface area contributed by atoms with Crippen LogP contribution >= 0.6 is 0 Å². The van der Waals surface area contributed by atoms with Crippen molar-refractivity contribution in [3.63, 3.8) is 0 Å². The maximum Gasteiger partial charge on any atom is 0.175 e. The minimum Gasteiger partial charge on any atom is -0.508 e. The second-order valence-corrected chi connectivity index (χ2v) is 8.97. The number of ether oxygens (including phenoxy) is 2. The minimum atomic E-state index is -3.31. The highest BCUT2D eigenvalue weighted by molar-refractivity contribution is 7.90. The fraction of sp³-hybridized carbons (Fsp3) is 0.200. The molecule has 4 rings (SSSR count). The third-order valence-electron chi connectivity index (χ3n) is 4.48. The molecule has 0 amide bonds. The van der Waals surface area contributed by atoms with Gasteiger partial charge < -0.3 is 19.9 Å². The van der Waals surface area contributed by atoms with Crippen molar-refractivity contribution in [2.75, 3.05) is 18.7 Å². The van der Waals surface area contributed by atoms with E-state index in [0.717, 1.165) is 6.26 Å². The summed E-state index contributed by atoms with van der Waals surface area (Å²) in [6, 6.07) is 10.9. The lowest BCUT2D eigenvalue weighted by atomic mass is 10.2. The molecule has 0 saturated carbocycles. The first-order valence-electron chi connectivity index (χ1n) is 9.22. The second-order valence-electron chi connectivity index (χ2n) is 6.95. The number of nitrogens with zero attached hydrogens (tertiary/aromatic N) is 4. The minimum absolute atomic E-state index is 0.0173. The van der Waals surface area contributed by atoms with Crippen molar-refractivity contribution in [2.45, 2.75) is 11.6 Å². The molecule has 10 nitrogen and oxygen atoms in total. The van der Waals surface area contributed by atoms with E-state index < -0.39 is 9.84 Å². The van der Waals surface area contributed by atoms with E-state index >= 15 is 0 Å². The zero-order valence-corrected chi connectivity index (χ0v) is 17.9. The summed E-state index contributed by atoms with van der Waals surface area (Å²) >= 11 is 0. The topological polar surface area (TPSA) is 120 Å². The Bertz CT molecular complexity index is 1340. The molecular formula is C20H21N5O5S. The first kappa shape index (κ1) is 20.7. The molecule has 0 aliphatic rings. The smallest absolute Gasteiger partial charge is 0.175 e. The van der Waals surface area contributed by atoms with Crippen LogP contribution in [0, 0.1) is 0 Å². The summed E-state index contributed by atoms with van der Waals surface area (Å²) in [6.07, 6.45) is 2.93. The van der Waals surface area contributed by atoms with Crippen molar-refractivity contribution in [1.29, 1.82) is 0 Å². The normalized spacial score (nSPS) is 11.7. The molecule has 0 radical (unpaired) electrons. The number of aromatic nitrogens is 4. The second kappa shape index (κ2) is 7.93. The lowest BCUT2D eigenvalue weighted by molar-refractivity contribution is 0.124. The molecule has 162 valence electrons. The highest BCUT2D eigenvalue weighted by Gasteiger charge is 2.18. The van der Waals surface area contributed by atoms with Crippen molar-refractivity contribution in [2.24, 2.45) is 7.05 Å². The van der Waals surface area contributed by atoms with E-state index in [9.17, 15) is 13.5 Å². The highest BCUT2D eigenvalue weighted by atomic mass is 32.2. The van der Waals surface area contributed by atoms with Gasteiger partial charge in [0.05, 0.1) is 10.3 Å². The van der Waals surface area contributed by atoms with Crippen LogP contribution in [-0.4, -0.2) is 46.5 Å². The number of anilines is 2. The number of methoxy groups -OCH3 is 1. The number of aryl methyl sites for hydroxylation is 1. The van der Waals surface area contributed by atoms with Crippen molar-refractivity contribution < 1.29 is 23.0 Å². The van der Waals surface area contributed by atoms with Gasteiger partial charge in [0.1, 0.15) is 23.7 Å². The maximum atomic E-state index is 11.7. The van der Waals surface area contributed by atoms with Gasteiger partial charge in [0.2, 0.25) is 0 Å². The number of hydrogen-bond donors (Lipinski definition) is 2. The number of aromatic hydroxyl groups is 1. The van der Waals surface area contributed by atoms with Gasteiger partial charge in [-0.25, -0.2) is 13.1 Å². The molecule has 0 aliphatic heterocycles. The monoisotopic (exact) mass is 443 g/mol. The van der Waals surface area contributed by atoms with Crippen LogP contribution in [0.15, 0.2) is 53.6 Å². The number of fused-ring (bicyclic) bond motifs is 1. The Hall–Kier alpha value is -3.57. The largest absolute Gasteiger partial charge is 0.508 e. The lowest BCUT2D eigenvalue weighted by Gasteiger charge is -2.10. The van der Waals surface area contributed by atoms with Crippen molar-refractivity contribution in [3.8, 4) is 17.2 Å². The van der Waals surface area contributed by atoms with Crippen molar-refractivity contribution in [1.82, 2.24) is 19.6 Å². The molecule has 11 heteroatoms. The van der Waals surface area contributed by atoms with Gasteiger partial charge in [0.25, 0.3) is 0 Å². The summed E-state index contributed by atoms with van der Waals surface area (Å²) in [5.74, 6) is 1.79. The van der Waals surface area contributed by atoms with Crippen molar-refractivity contribution >= 4 is 32.4 Å². The van der Waals surface area contributed by atoms with Crippen LogP contribution in [0.3, 0.4) is 0 Å². The number of phenolic OH excluding ortho intramolecular Hbond substituents is 1. The molecule has 0 unspecified atom stereocenters. The zero-order chi connectivity index (χ0) is 22.2. The van der Waals surface area contributed by atoms with Gasteiger partial charge >= 0.3 is 0 Å². The molecule has 31 heavy (non-hydrogen) atoms. The summed E-state index contributed by atoms with van der Waals surface area (Å²) < 4.78 is 37.8. The van der Waals surface area contributed by atoms with Crippen LogP contribution in [-0.2, 0) is 28.4 Å². The third-order valence-corrected chi connectivity index (χ3v) is 5.61. The average Bonchev–Trinajstić information content (AvgIpc) is 3.25. The predicted octanol–water partition coefficient (Wildman–Crippen LogP) is 3.02. The van der Waals surface area contributed by atoms with E-state index in [1.165, 1.54) is 18.2 Å². The number of phenols is 1.